The fourth-order valence-corrected chi connectivity index (χ4v) is 4.11. The number of aryl methyl sites for hydroxylation is 1. The van der Waals surface area contributed by atoms with E-state index in [9.17, 15) is 0 Å². The Labute approximate surface area is 169 Å². The van der Waals surface area contributed by atoms with Crippen molar-refractivity contribution in [2.45, 2.75) is 44.6 Å². The van der Waals surface area contributed by atoms with Crippen LogP contribution in [0.5, 0.6) is 0 Å². The van der Waals surface area contributed by atoms with Crippen molar-refractivity contribution in [2.24, 2.45) is 0 Å². The Balaban J connectivity index is 1.33. The molecule has 9 heteroatoms. The zero-order valence-corrected chi connectivity index (χ0v) is 16.8. The minimum atomic E-state index is -0.407. The minimum absolute atomic E-state index is 0.202. The number of ether oxygens (including phenoxy) is 1. The SMILES string of the molecule is CCc1nc(Nc2cc(C3CCC3)[nH]n2)c(F)c(N2CCN(C3COC3)CC2)n1. The van der Waals surface area contributed by atoms with E-state index >= 15 is 4.39 Å². The van der Waals surface area contributed by atoms with Gasteiger partial charge < -0.3 is 15.0 Å². The molecule has 1 aliphatic carbocycles. The molecular weight excluding hydrogens is 373 g/mol. The molecule has 29 heavy (non-hydrogen) atoms. The molecule has 2 aromatic rings. The maximum absolute atomic E-state index is 15.3. The third-order valence-corrected chi connectivity index (χ3v) is 6.34. The highest BCUT2D eigenvalue weighted by atomic mass is 19.1. The molecule has 0 atom stereocenters. The highest BCUT2D eigenvalue weighted by Gasteiger charge is 2.31. The largest absolute Gasteiger partial charge is 0.378 e. The molecule has 3 fully saturated rings. The van der Waals surface area contributed by atoms with Crippen LogP contribution in [0.2, 0.25) is 0 Å². The van der Waals surface area contributed by atoms with Crippen molar-refractivity contribution < 1.29 is 9.13 Å². The number of rotatable bonds is 6. The molecule has 2 aromatic heterocycles. The van der Waals surface area contributed by atoms with Gasteiger partial charge in [0.1, 0.15) is 5.82 Å². The highest BCUT2D eigenvalue weighted by molar-refractivity contribution is 5.59. The molecule has 5 rings (SSSR count). The summed E-state index contributed by atoms with van der Waals surface area (Å²) in [6.07, 6.45) is 4.28. The van der Waals surface area contributed by atoms with Crippen LogP contribution in [0, 0.1) is 5.82 Å². The molecule has 0 bridgehead atoms. The molecule has 2 saturated heterocycles. The van der Waals surface area contributed by atoms with Gasteiger partial charge in [-0.2, -0.15) is 9.49 Å². The highest BCUT2D eigenvalue weighted by Crippen LogP contribution is 2.36. The lowest BCUT2D eigenvalue weighted by atomic mass is 9.83. The molecule has 2 N–H and O–H groups in total. The van der Waals surface area contributed by atoms with E-state index < -0.39 is 5.82 Å². The number of aromatic nitrogens is 4. The zero-order valence-electron chi connectivity index (χ0n) is 16.8. The lowest BCUT2D eigenvalue weighted by molar-refractivity contribution is -0.0661. The van der Waals surface area contributed by atoms with E-state index in [0.29, 0.717) is 35.8 Å². The Morgan fingerprint density at radius 3 is 2.62 bits per heavy atom. The van der Waals surface area contributed by atoms with Crippen molar-refractivity contribution in [3.63, 3.8) is 0 Å². The van der Waals surface area contributed by atoms with Crippen molar-refractivity contribution >= 4 is 17.5 Å². The quantitative estimate of drug-likeness (QED) is 0.769. The Morgan fingerprint density at radius 2 is 2.00 bits per heavy atom. The molecule has 0 unspecified atom stereocenters. The average Bonchev–Trinajstić information content (AvgIpc) is 3.09. The van der Waals surface area contributed by atoms with E-state index in [-0.39, 0.29) is 5.82 Å². The fourth-order valence-electron chi connectivity index (χ4n) is 4.11. The van der Waals surface area contributed by atoms with Crippen molar-refractivity contribution in [1.29, 1.82) is 0 Å². The van der Waals surface area contributed by atoms with Crippen molar-refractivity contribution in [1.82, 2.24) is 25.1 Å². The lowest BCUT2D eigenvalue weighted by Crippen LogP contribution is -2.56. The molecule has 156 valence electrons. The van der Waals surface area contributed by atoms with Gasteiger partial charge in [0, 0.05) is 50.3 Å². The molecule has 2 aliphatic heterocycles. The number of anilines is 3. The number of halogens is 1. The predicted molar refractivity (Wildman–Crippen MR) is 108 cm³/mol. The molecule has 0 spiro atoms. The van der Waals surface area contributed by atoms with Crippen molar-refractivity contribution in [3.05, 3.63) is 23.4 Å². The third-order valence-electron chi connectivity index (χ3n) is 6.34. The fraction of sp³-hybridized carbons (Fsp3) is 0.650. The monoisotopic (exact) mass is 401 g/mol. The second kappa shape index (κ2) is 7.87. The number of nitrogens with zero attached hydrogens (tertiary/aromatic N) is 5. The normalized spacial score (nSPS) is 21.1. The van der Waals surface area contributed by atoms with E-state index in [1.807, 2.05) is 17.9 Å². The third kappa shape index (κ3) is 3.69. The van der Waals surface area contributed by atoms with Gasteiger partial charge in [0.25, 0.3) is 0 Å². The van der Waals surface area contributed by atoms with Gasteiger partial charge in [-0.05, 0) is 12.8 Å². The van der Waals surface area contributed by atoms with Gasteiger partial charge in [0.15, 0.2) is 17.5 Å². The molecule has 0 radical (unpaired) electrons. The average molecular weight is 401 g/mol. The first-order valence-corrected chi connectivity index (χ1v) is 10.7. The van der Waals surface area contributed by atoms with Gasteiger partial charge in [-0.25, -0.2) is 9.97 Å². The molecule has 0 aromatic carbocycles. The summed E-state index contributed by atoms with van der Waals surface area (Å²) in [6, 6.07) is 2.48. The van der Waals surface area contributed by atoms with Gasteiger partial charge in [-0.15, -0.1) is 0 Å². The Hall–Kier alpha value is -2.26. The molecule has 4 heterocycles. The number of hydrogen-bond donors (Lipinski definition) is 2. The summed E-state index contributed by atoms with van der Waals surface area (Å²) in [5.41, 5.74) is 1.11. The Kier molecular flexibility index (Phi) is 5.09. The standard InChI is InChI=1S/C20H28FN7O/c1-2-16-22-19(23-17-10-15(25-26-17)13-4-3-5-13)18(21)20(24-16)28-8-6-27(7-9-28)14-11-29-12-14/h10,13-14H,2-9,11-12H2,1H3,(H2,22,23,24,25,26). The number of aromatic amines is 1. The van der Waals surface area contributed by atoms with E-state index in [2.05, 4.69) is 30.4 Å². The second-order valence-corrected chi connectivity index (χ2v) is 8.16. The molecular formula is C20H28FN7O. The van der Waals surface area contributed by atoms with E-state index in [1.54, 1.807) is 0 Å². The van der Waals surface area contributed by atoms with Crippen LogP contribution >= 0.6 is 0 Å². The summed E-state index contributed by atoms with van der Waals surface area (Å²) >= 11 is 0. The van der Waals surface area contributed by atoms with E-state index in [0.717, 1.165) is 45.1 Å². The number of nitrogens with one attached hydrogen (secondary N) is 2. The lowest BCUT2D eigenvalue weighted by Gasteiger charge is -2.42. The van der Waals surface area contributed by atoms with Crippen molar-refractivity contribution in [3.8, 4) is 0 Å². The first-order valence-electron chi connectivity index (χ1n) is 10.7. The van der Waals surface area contributed by atoms with E-state index in [1.165, 1.54) is 19.3 Å². The Morgan fingerprint density at radius 1 is 1.21 bits per heavy atom. The first-order chi connectivity index (χ1) is 14.2. The predicted octanol–water partition coefficient (Wildman–Crippen LogP) is 2.43. The second-order valence-electron chi connectivity index (χ2n) is 8.16. The van der Waals surface area contributed by atoms with Crippen LogP contribution in [0.1, 0.15) is 43.6 Å². The van der Waals surface area contributed by atoms with Crippen LogP contribution in [0.4, 0.5) is 21.8 Å². The van der Waals surface area contributed by atoms with Crippen LogP contribution in [-0.4, -0.2) is 70.5 Å². The molecule has 3 aliphatic rings. The van der Waals surface area contributed by atoms with Gasteiger partial charge >= 0.3 is 0 Å². The number of piperazine rings is 1. The summed E-state index contributed by atoms with van der Waals surface area (Å²) in [5, 5.41) is 10.5. The van der Waals surface area contributed by atoms with Gasteiger partial charge in [-0.3, -0.25) is 10.00 Å². The summed E-state index contributed by atoms with van der Waals surface area (Å²) in [4.78, 5) is 13.3. The van der Waals surface area contributed by atoms with Crippen LogP contribution in [0.3, 0.4) is 0 Å². The number of hydrogen-bond acceptors (Lipinski definition) is 7. The Bertz CT molecular complexity index is 857. The van der Waals surface area contributed by atoms with Crippen LogP contribution < -0.4 is 10.2 Å². The smallest absolute Gasteiger partial charge is 0.208 e. The summed E-state index contributed by atoms with van der Waals surface area (Å²) in [6.45, 7) is 6.89. The van der Waals surface area contributed by atoms with Crippen LogP contribution in [-0.2, 0) is 11.2 Å². The topological polar surface area (TPSA) is 82.2 Å². The summed E-state index contributed by atoms with van der Waals surface area (Å²) < 4.78 is 20.6. The van der Waals surface area contributed by atoms with E-state index in [4.69, 9.17) is 4.74 Å². The summed E-state index contributed by atoms with van der Waals surface area (Å²) in [5.74, 6) is 1.97. The van der Waals surface area contributed by atoms with Crippen LogP contribution in [0.25, 0.3) is 0 Å². The molecule has 8 nitrogen and oxygen atoms in total. The molecule has 0 amide bonds. The number of H-pyrrole nitrogens is 1. The first kappa shape index (κ1) is 18.7. The zero-order chi connectivity index (χ0) is 19.8. The minimum Gasteiger partial charge on any atom is -0.378 e. The maximum Gasteiger partial charge on any atom is 0.208 e. The van der Waals surface area contributed by atoms with Crippen LogP contribution in [0.15, 0.2) is 6.07 Å². The summed E-state index contributed by atoms with van der Waals surface area (Å²) in [7, 11) is 0. The van der Waals surface area contributed by atoms with Gasteiger partial charge in [0.2, 0.25) is 5.82 Å². The van der Waals surface area contributed by atoms with Gasteiger partial charge in [0.05, 0.1) is 19.3 Å². The maximum atomic E-state index is 15.3. The van der Waals surface area contributed by atoms with Crippen molar-refractivity contribution in [2.75, 3.05) is 49.6 Å². The van der Waals surface area contributed by atoms with Gasteiger partial charge in [-0.1, -0.05) is 13.3 Å². The molecule has 1 saturated carbocycles.